The number of hydrazine groups is 1. The Kier molecular flexibility index (Phi) is 4.90. The molecule has 0 aromatic carbocycles. The first-order valence-corrected chi connectivity index (χ1v) is 5.41. The summed E-state index contributed by atoms with van der Waals surface area (Å²) in [7, 11) is 0. The van der Waals surface area contributed by atoms with Crippen LogP contribution in [-0.4, -0.2) is 37.2 Å². The Morgan fingerprint density at radius 3 is 2.43 bits per heavy atom. The van der Waals surface area contributed by atoms with Crippen LogP contribution in [0.15, 0.2) is 0 Å². The van der Waals surface area contributed by atoms with Crippen molar-refractivity contribution in [2.24, 2.45) is 5.92 Å². The van der Waals surface area contributed by atoms with E-state index in [1.54, 1.807) is 0 Å². The molecule has 1 amide bonds. The molecule has 1 fully saturated rings. The molecule has 1 aliphatic heterocycles. The maximum atomic E-state index is 11.7. The van der Waals surface area contributed by atoms with Crippen molar-refractivity contribution in [3.05, 3.63) is 0 Å². The van der Waals surface area contributed by atoms with Gasteiger partial charge in [-0.2, -0.15) is 0 Å². The summed E-state index contributed by atoms with van der Waals surface area (Å²) in [5.74, 6) is 0.301. The Morgan fingerprint density at radius 1 is 1.36 bits per heavy atom. The number of ether oxygens (including phenoxy) is 1. The van der Waals surface area contributed by atoms with Gasteiger partial charge in [0.25, 0.3) is 0 Å². The maximum Gasteiger partial charge on any atom is 0.237 e. The molecule has 0 bridgehead atoms. The fraction of sp³-hybridized carbons (Fsp3) is 0.900. The average molecular weight is 200 g/mol. The zero-order valence-electron chi connectivity index (χ0n) is 9.08. The van der Waals surface area contributed by atoms with Gasteiger partial charge in [0.1, 0.15) is 0 Å². The topological polar surface area (TPSA) is 41.6 Å². The van der Waals surface area contributed by atoms with E-state index in [9.17, 15) is 4.79 Å². The standard InChI is InChI=1S/C10H20N2O2/c1-3-9(4-2)10(13)11-12-5-7-14-8-6-12/h9H,3-8H2,1-2H3,(H,11,13). The van der Waals surface area contributed by atoms with Crippen LogP contribution in [0.3, 0.4) is 0 Å². The maximum absolute atomic E-state index is 11.7. The van der Waals surface area contributed by atoms with Gasteiger partial charge in [-0.3, -0.25) is 10.2 Å². The van der Waals surface area contributed by atoms with E-state index in [1.165, 1.54) is 0 Å². The van der Waals surface area contributed by atoms with Gasteiger partial charge >= 0.3 is 0 Å². The number of amides is 1. The number of hydrogen-bond donors (Lipinski definition) is 1. The van der Waals surface area contributed by atoms with Crippen molar-refractivity contribution in [2.75, 3.05) is 26.3 Å². The second-order valence-corrected chi connectivity index (χ2v) is 3.59. The predicted octanol–water partition coefficient (Wildman–Crippen LogP) is 0.786. The number of nitrogens with one attached hydrogen (secondary N) is 1. The molecule has 0 saturated carbocycles. The lowest BCUT2D eigenvalue weighted by Crippen LogP contribution is -2.50. The molecule has 14 heavy (non-hydrogen) atoms. The highest BCUT2D eigenvalue weighted by Gasteiger charge is 2.18. The molecule has 0 unspecified atom stereocenters. The summed E-state index contributed by atoms with van der Waals surface area (Å²) in [6.45, 7) is 7.12. The number of hydrogen-bond acceptors (Lipinski definition) is 3. The highest BCUT2D eigenvalue weighted by atomic mass is 16.5. The van der Waals surface area contributed by atoms with Gasteiger partial charge in [0.15, 0.2) is 0 Å². The summed E-state index contributed by atoms with van der Waals surface area (Å²) in [6, 6.07) is 0. The average Bonchev–Trinajstić information content (AvgIpc) is 2.21. The molecule has 0 aromatic heterocycles. The smallest absolute Gasteiger partial charge is 0.237 e. The van der Waals surface area contributed by atoms with Crippen molar-refractivity contribution >= 4 is 5.91 Å². The van der Waals surface area contributed by atoms with Crippen molar-refractivity contribution in [1.82, 2.24) is 10.4 Å². The molecular formula is C10H20N2O2. The largest absolute Gasteiger partial charge is 0.379 e. The first kappa shape index (κ1) is 11.5. The van der Waals surface area contributed by atoms with Crippen LogP contribution < -0.4 is 5.43 Å². The van der Waals surface area contributed by atoms with Gasteiger partial charge in [-0.25, -0.2) is 5.01 Å². The van der Waals surface area contributed by atoms with Crippen molar-refractivity contribution in [3.8, 4) is 0 Å². The third-order valence-corrected chi connectivity index (χ3v) is 2.64. The minimum atomic E-state index is 0.150. The number of carbonyl (C=O) groups excluding carboxylic acids is 1. The SMILES string of the molecule is CCC(CC)C(=O)NN1CCOCC1. The minimum Gasteiger partial charge on any atom is -0.379 e. The summed E-state index contributed by atoms with van der Waals surface area (Å²) in [5.41, 5.74) is 2.94. The number of rotatable bonds is 4. The van der Waals surface area contributed by atoms with E-state index in [4.69, 9.17) is 4.74 Å². The molecule has 0 spiro atoms. The van der Waals surface area contributed by atoms with Crippen LogP contribution in [-0.2, 0) is 9.53 Å². The van der Waals surface area contributed by atoms with Crippen molar-refractivity contribution in [2.45, 2.75) is 26.7 Å². The first-order chi connectivity index (χ1) is 6.77. The number of nitrogens with zero attached hydrogens (tertiary/aromatic N) is 1. The monoisotopic (exact) mass is 200 g/mol. The summed E-state index contributed by atoms with van der Waals surface area (Å²) >= 11 is 0. The van der Waals surface area contributed by atoms with Crippen LogP contribution >= 0.6 is 0 Å². The zero-order chi connectivity index (χ0) is 10.4. The minimum absolute atomic E-state index is 0.150. The summed E-state index contributed by atoms with van der Waals surface area (Å²) in [6.07, 6.45) is 1.82. The van der Waals surface area contributed by atoms with Crippen LogP contribution in [0, 0.1) is 5.92 Å². The van der Waals surface area contributed by atoms with Crippen LogP contribution in [0.4, 0.5) is 0 Å². The highest BCUT2D eigenvalue weighted by molar-refractivity contribution is 5.77. The molecule has 4 nitrogen and oxygen atoms in total. The normalized spacial score (nSPS) is 18.5. The molecule has 82 valence electrons. The van der Waals surface area contributed by atoms with E-state index in [2.05, 4.69) is 5.43 Å². The van der Waals surface area contributed by atoms with Gasteiger partial charge < -0.3 is 4.74 Å². The Balaban J connectivity index is 2.30. The summed E-state index contributed by atoms with van der Waals surface area (Å²) in [5, 5.41) is 1.95. The number of morpholine rings is 1. The van der Waals surface area contributed by atoms with E-state index < -0.39 is 0 Å². The first-order valence-electron chi connectivity index (χ1n) is 5.41. The van der Waals surface area contributed by atoms with Crippen LogP contribution in [0.5, 0.6) is 0 Å². The van der Waals surface area contributed by atoms with E-state index in [1.807, 2.05) is 18.9 Å². The van der Waals surface area contributed by atoms with E-state index in [0.29, 0.717) is 13.2 Å². The molecule has 0 radical (unpaired) electrons. The van der Waals surface area contributed by atoms with Crippen LogP contribution in [0.2, 0.25) is 0 Å². The Morgan fingerprint density at radius 2 is 1.93 bits per heavy atom. The Labute approximate surface area is 85.6 Å². The summed E-state index contributed by atoms with van der Waals surface area (Å²) < 4.78 is 5.20. The molecular weight excluding hydrogens is 180 g/mol. The van der Waals surface area contributed by atoms with Crippen LogP contribution in [0.1, 0.15) is 26.7 Å². The van der Waals surface area contributed by atoms with Gasteiger partial charge in [0.2, 0.25) is 5.91 Å². The second kappa shape index (κ2) is 5.98. The molecule has 0 aromatic rings. The highest BCUT2D eigenvalue weighted by Crippen LogP contribution is 2.07. The third kappa shape index (κ3) is 3.27. The zero-order valence-corrected chi connectivity index (χ0v) is 9.08. The molecule has 0 aliphatic carbocycles. The Bertz CT molecular complexity index is 175. The summed E-state index contributed by atoms with van der Waals surface area (Å²) in [4.78, 5) is 11.7. The lowest BCUT2D eigenvalue weighted by atomic mass is 10.0. The molecule has 1 rings (SSSR count). The fourth-order valence-electron chi connectivity index (χ4n) is 1.58. The second-order valence-electron chi connectivity index (χ2n) is 3.59. The van der Waals surface area contributed by atoms with Crippen molar-refractivity contribution < 1.29 is 9.53 Å². The molecule has 1 heterocycles. The van der Waals surface area contributed by atoms with E-state index >= 15 is 0 Å². The van der Waals surface area contributed by atoms with Crippen LogP contribution in [0.25, 0.3) is 0 Å². The quantitative estimate of drug-likeness (QED) is 0.729. The lowest BCUT2D eigenvalue weighted by molar-refractivity contribution is -0.132. The molecule has 1 saturated heterocycles. The molecule has 0 atom stereocenters. The molecule has 1 aliphatic rings. The van der Waals surface area contributed by atoms with E-state index in [-0.39, 0.29) is 11.8 Å². The third-order valence-electron chi connectivity index (χ3n) is 2.64. The predicted molar refractivity (Wildman–Crippen MR) is 54.6 cm³/mol. The van der Waals surface area contributed by atoms with Crippen molar-refractivity contribution in [3.63, 3.8) is 0 Å². The molecule has 4 heteroatoms. The lowest BCUT2D eigenvalue weighted by Gasteiger charge is -2.28. The van der Waals surface area contributed by atoms with Gasteiger partial charge in [0.05, 0.1) is 13.2 Å². The van der Waals surface area contributed by atoms with Gasteiger partial charge in [0, 0.05) is 19.0 Å². The van der Waals surface area contributed by atoms with Gasteiger partial charge in [-0.1, -0.05) is 13.8 Å². The van der Waals surface area contributed by atoms with Gasteiger partial charge in [-0.15, -0.1) is 0 Å². The van der Waals surface area contributed by atoms with Gasteiger partial charge in [-0.05, 0) is 12.8 Å². The van der Waals surface area contributed by atoms with E-state index in [0.717, 1.165) is 25.9 Å². The van der Waals surface area contributed by atoms with Crippen molar-refractivity contribution in [1.29, 1.82) is 0 Å². The number of carbonyl (C=O) groups is 1. The fourth-order valence-corrected chi connectivity index (χ4v) is 1.58. The Hall–Kier alpha value is -0.610. The molecule has 1 N–H and O–H groups in total.